The number of phenolic OH excluding ortho intramolecular Hbond substituents is 1. The van der Waals surface area contributed by atoms with Gasteiger partial charge in [-0.15, -0.1) is 0 Å². The first-order chi connectivity index (χ1) is 17.9. The second kappa shape index (κ2) is 9.73. The second-order valence-electron chi connectivity index (χ2n) is 11.9. The first kappa shape index (κ1) is 26.8. The number of ether oxygens (including phenoxy) is 1. The Hall–Kier alpha value is -2.83. The highest BCUT2D eigenvalue weighted by atomic mass is 19.2. The van der Waals surface area contributed by atoms with Crippen LogP contribution in [0.25, 0.3) is 6.08 Å². The van der Waals surface area contributed by atoms with Crippen molar-refractivity contribution in [1.82, 2.24) is 4.48 Å². The molecule has 0 bridgehead atoms. The van der Waals surface area contributed by atoms with Crippen LogP contribution in [0.2, 0.25) is 0 Å². The highest BCUT2D eigenvalue weighted by Gasteiger charge is 2.52. The molecule has 7 heteroatoms. The number of aryl methyl sites for hydroxylation is 2. The molecule has 5 rings (SSSR count). The summed E-state index contributed by atoms with van der Waals surface area (Å²) in [5.41, 5.74) is 7.34. The van der Waals surface area contributed by atoms with Crippen molar-refractivity contribution in [2.75, 3.05) is 0 Å². The van der Waals surface area contributed by atoms with Crippen molar-refractivity contribution in [3.63, 3.8) is 0 Å². The number of hydrogen-bond donors (Lipinski definition) is 1. The standard InChI is InChI=1S/C31H41BF2N2O2/c1-20-18-21(2)35-28(20)19-26-14-13-25(36(26)32(35,33)34)12-10-8-7-9-11-16-31(6)17-15-27-24(5)29(37)22(3)23(4)30(27)38-31/h13-14,18-19,37H,7-12,15-17H2,1-6H3/t31-/m1/s1. The molecule has 0 saturated heterocycles. The van der Waals surface area contributed by atoms with E-state index in [2.05, 4.69) is 6.92 Å². The molecule has 0 radical (unpaired) electrons. The summed E-state index contributed by atoms with van der Waals surface area (Å²) in [6, 6.07) is 1.85. The number of phenols is 1. The van der Waals surface area contributed by atoms with E-state index in [1.807, 2.05) is 52.0 Å². The summed E-state index contributed by atoms with van der Waals surface area (Å²) in [6.45, 7) is 7.98. The number of rotatable bonds is 8. The normalized spacial score (nSPS) is 21.2. The molecule has 2 aromatic rings. The number of aromatic hydroxyl groups is 1. The van der Waals surface area contributed by atoms with Gasteiger partial charge in [-0.25, -0.2) is 0 Å². The number of fused-ring (bicyclic) bond motifs is 3. The molecule has 1 N–H and O–H groups in total. The topological polar surface area (TPSA) is 37.4 Å². The third-order valence-electron chi connectivity index (χ3n) is 9.14. The third kappa shape index (κ3) is 4.42. The van der Waals surface area contributed by atoms with Crippen LogP contribution >= 0.6 is 0 Å². The summed E-state index contributed by atoms with van der Waals surface area (Å²) in [6.07, 6.45) is 14.4. The molecular formula is C31H41BF2N2O2. The van der Waals surface area contributed by atoms with Gasteiger partial charge in [-0.3, -0.25) is 0 Å². The molecule has 0 fully saturated rings. The molecule has 0 saturated carbocycles. The maximum Gasteiger partial charge on any atom is 0.737 e. The number of hydrogen-bond acceptors (Lipinski definition) is 2. The predicted octanol–water partition coefficient (Wildman–Crippen LogP) is 7.85. The zero-order valence-electron chi connectivity index (χ0n) is 23.8. The van der Waals surface area contributed by atoms with Gasteiger partial charge in [-0.05, 0) is 108 Å². The van der Waals surface area contributed by atoms with Gasteiger partial charge < -0.3 is 27.4 Å². The summed E-state index contributed by atoms with van der Waals surface area (Å²) in [5, 5.41) is 10.4. The molecule has 0 unspecified atom stereocenters. The number of halogens is 2. The Kier molecular flexibility index (Phi) is 6.85. The third-order valence-corrected chi connectivity index (χ3v) is 9.14. The van der Waals surface area contributed by atoms with Crippen LogP contribution in [0.1, 0.15) is 97.5 Å². The lowest BCUT2D eigenvalue weighted by molar-refractivity contribution is -0.362. The Morgan fingerprint density at radius 2 is 1.71 bits per heavy atom. The van der Waals surface area contributed by atoms with E-state index in [9.17, 15) is 5.11 Å². The lowest BCUT2D eigenvalue weighted by Gasteiger charge is -2.38. The van der Waals surface area contributed by atoms with E-state index < -0.39 is 6.97 Å². The molecule has 4 nitrogen and oxygen atoms in total. The van der Waals surface area contributed by atoms with Crippen molar-refractivity contribution in [3.05, 3.63) is 63.1 Å². The van der Waals surface area contributed by atoms with E-state index in [1.54, 1.807) is 6.92 Å². The van der Waals surface area contributed by atoms with Crippen LogP contribution in [0.5, 0.6) is 11.5 Å². The molecule has 1 aromatic carbocycles. The fourth-order valence-corrected chi connectivity index (χ4v) is 6.70. The molecule has 1 aromatic heterocycles. The number of unbranched alkanes of at least 4 members (excludes halogenated alkanes) is 4. The van der Waals surface area contributed by atoms with Crippen molar-refractivity contribution in [2.24, 2.45) is 0 Å². The van der Waals surface area contributed by atoms with Gasteiger partial charge in [0.1, 0.15) is 22.8 Å². The molecule has 1 atom stereocenters. The average molecular weight is 522 g/mol. The summed E-state index contributed by atoms with van der Waals surface area (Å²) in [5.74, 6) is 1.37. The Morgan fingerprint density at radius 3 is 2.47 bits per heavy atom. The summed E-state index contributed by atoms with van der Waals surface area (Å²) < 4.78 is 40.2. The minimum Gasteiger partial charge on any atom is -0.507 e. The van der Waals surface area contributed by atoms with Crippen LogP contribution < -0.4 is 4.74 Å². The van der Waals surface area contributed by atoms with E-state index in [1.165, 1.54) is 8.96 Å². The van der Waals surface area contributed by atoms with Crippen molar-refractivity contribution in [3.8, 4) is 11.5 Å². The largest absolute Gasteiger partial charge is 0.737 e. The smallest absolute Gasteiger partial charge is 0.507 e. The Morgan fingerprint density at radius 1 is 1.00 bits per heavy atom. The van der Waals surface area contributed by atoms with Gasteiger partial charge in [0.2, 0.25) is 0 Å². The van der Waals surface area contributed by atoms with Crippen molar-refractivity contribution < 1.29 is 23.0 Å². The summed E-state index contributed by atoms with van der Waals surface area (Å²) in [7, 11) is 0. The zero-order chi connectivity index (χ0) is 27.4. The Balaban J connectivity index is 1.12. The number of nitrogens with zero attached hydrogens (tertiary/aromatic N) is 2. The van der Waals surface area contributed by atoms with Crippen LogP contribution in [0.4, 0.5) is 8.63 Å². The van der Waals surface area contributed by atoms with E-state index in [0.717, 1.165) is 90.6 Å². The summed E-state index contributed by atoms with van der Waals surface area (Å²) >= 11 is 0. The molecule has 0 amide bonds. The van der Waals surface area contributed by atoms with Gasteiger partial charge in [0.15, 0.2) is 5.70 Å². The molecule has 3 aliphatic rings. The highest BCUT2D eigenvalue weighted by Crippen LogP contribution is 2.44. The Labute approximate surface area is 225 Å². The van der Waals surface area contributed by atoms with Gasteiger partial charge in [-0.2, -0.15) is 0 Å². The maximum absolute atomic E-state index is 15.6. The van der Waals surface area contributed by atoms with Crippen LogP contribution in [0.15, 0.2) is 23.9 Å². The second-order valence-corrected chi connectivity index (χ2v) is 11.9. The van der Waals surface area contributed by atoms with E-state index in [4.69, 9.17) is 4.74 Å². The van der Waals surface area contributed by atoms with Gasteiger partial charge in [0.05, 0.1) is 0 Å². The van der Waals surface area contributed by atoms with Gasteiger partial charge >= 0.3 is 6.97 Å². The summed E-state index contributed by atoms with van der Waals surface area (Å²) in [4.78, 5) is 0. The average Bonchev–Trinajstić information content (AvgIpc) is 3.41. The molecular weight excluding hydrogens is 481 g/mol. The minimum atomic E-state index is -3.87. The van der Waals surface area contributed by atoms with Gasteiger partial charge in [0.25, 0.3) is 0 Å². The van der Waals surface area contributed by atoms with Crippen LogP contribution in [-0.2, 0) is 6.42 Å². The quantitative estimate of drug-likeness (QED) is 0.283. The predicted molar refractivity (Wildman–Crippen MR) is 152 cm³/mol. The van der Waals surface area contributed by atoms with Crippen LogP contribution in [-0.4, -0.2) is 32.4 Å². The molecule has 3 aliphatic heterocycles. The fourth-order valence-electron chi connectivity index (χ4n) is 6.70. The van der Waals surface area contributed by atoms with Gasteiger partial charge in [-0.1, -0.05) is 19.3 Å². The highest BCUT2D eigenvalue weighted by molar-refractivity contribution is 6.58. The maximum atomic E-state index is 15.6. The minimum absolute atomic E-state index is 0.184. The van der Waals surface area contributed by atoms with E-state index in [0.29, 0.717) is 29.3 Å². The number of allylic oxidation sites excluding steroid dienone is 2. The van der Waals surface area contributed by atoms with Crippen molar-refractivity contribution >= 4 is 18.8 Å². The zero-order valence-corrected chi connectivity index (χ0v) is 23.8. The SMILES string of the molecule is Cc1cc(C)n2c1C=C1C=CC(CCCCCCC[C@]3(C)CCc4c(C)c(O)c(C)c(C)c4O3)=[N+]1[B-]2(F)F. The molecule has 4 heterocycles. The molecule has 204 valence electrons. The lowest BCUT2D eigenvalue weighted by Crippen LogP contribution is -2.50. The van der Waals surface area contributed by atoms with Crippen molar-refractivity contribution in [2.45, 2.75) is 105 Å². The van der Waals surface area contributed by atoms with E-state index >= 15 is 8.63 Å². The number of benzene rings is 1. The monoisotopic (exact) mass is 522 g/mol. The first-order valence-corrected chi connectivity index (χ1v) is 14.2. The van der Waals surface area contributed by atoms with Crippen molar-refractivity contribution in [1.29, 1.82) is 0 Å². The van der Waals surface area contributed by atoms with E-state index in [-0.39, 0.29) is 5.60 Å². The van der Waals surface area contributed by atoms with Crippen LogP contribution in [0.3, 0.4) is 0 Å². The molecule has 0 spiro atoms. The fraction of sp³-hybridized carbons (Fsp3) is 0.516. The van der Waals surface area contributed by atoms with Crippen LogP contribution in [0, 0.1) is 34.6 Å². The molecule has 0 aliphatic carbocycles. The molecule has 38 heavy (non-hydrogen) atoms. The number of aromatic nitrogens is 1. The lowest BCUT2D eigenvalue weighted by atomic mass is 9.84. The Bertz CT molecular complexity index is 1390. The van der Waals surface area contributed by atoms with Gasteiger partial charge in [0, 0.05) is 35.9 Å². The first-order valence-electron chi connectivity index (χ1n) is 14.2.